The predicted octanol–water partition coefficient (Wildman–Crippen LogP) is 3.67. The summed E-state index contributed by atoms with van der Waals surface area (Å²) in [6.45, 7) is 0. The third kappa shape index (κ3) is 2.40. The first-order valence-electron chi connectivity index (χ1n) is 3.92. The summed E-state index contributed by atoms with van der Waals surface area (Å²) in [5.74, 6) is -7.59. The topological polar surface area (TPSA) is 17.1 Å². The first-order chi connectivity index (χ1) is 7.26. The summed E-state index contributed by atoms with van der Waals surface area (Å²) in [5, 5.41) is 0. The molecule has 0 radical (unpaired) electrons. The molecule has 0 spiro atoms. The van der Waals surface area contributed by atoms with Gasteiger partial charge in [-0.05, 0) is 34.1 Å². The summed E-state index contributed by atoms with van der Waals surface area (Å²) >= 11 is 2.66. The number of Topliss-reactive ketones (excluding diaryl/α,β-unsaturated/α-hetero) is 1. The van der Waals surface area contributed by atoms with Gasteiger partial charge >= 0.3 is 12.3 Å². The number of hydrogen-bond donors (Lipinski definition) is 0. The maximum atomic E-state index is 12.7. The van der Waals surface area contributed by atoms with Gasteiger partial charge < -0.3 is 0 Å². The van der Waals surface area contributed by atoms with Crippen molar-refractivity contribution in [3.63, 3.8) is 0 Å². The molecule has 0 aliphatic carbocycles. The monoisotopic (exact) mass is 302 g/mol. The molecule has 0 unspecified atom stereocenters. The van der Waals surface area contributed by atoms with E-state index in [1.807, 2.05) is 0 Å². The van der Waals surface area contributed by atoms with Gasteiger partial charge in [-0.1, -0.05) is 0 Å². The third-order valence-corrected chi connectivity index (χ3v) is 2.37. The Hall–Kier alpha value is -0.980. The number of hydrogen-bond acceptors (Lipinski definition) is 1. The van der Waals surface area contributed by atoms with E-state index in [4.69, 9.17) is 0 Å². The van der Waals surface area contributed by atoms with Gasteiger partial charge in [0.15, 0.2) is 0 Å². The predicted molar refractivity (Wildman–Crippen MR) is 49.4 cm³/mol. The van der Waals surface area contributed by atoms with Crippen molar-refractivity contribution in [1.82, 2.24) is 0 Å². The van der Waals surface area contributed by atoms with Gasteiger partial charge in [0.2, 0.25) is 5.78 Å². The van der Waals surface area contributed by atoms with Gasteiger partial charge in [-0.3, -0.25) is 4.79 Å². The Bertz CT molecular complexity index is 418. The van der Waals surface area contributed by atoms with E-state index in [0.717, 1.165) is 18.2 Å². The molecule has 0 aliphatic heterocycles. The van der Waals surface area contributed by atoms with Crippen LogP contribution < -0.4 is 0 Å². The molecule has 16 heavy (non-hydrogen) atoms. The van der Waals surface area contributed by atoms with E-state index in [1.165, 1.54) is 0 Å². The van der Waals surface area contributed by atoms with Gasteiger partial charge in [-0.25, -0.2) is 13.2 Å². The summed E-state index contributed by atoms with van der Waals surface area (Å²) in [4.78, 5) is 11.0. The molecule has 1 rings (SSSR count). The van der Waals surface area contributed by atoms with Gasteiger partial charge in [0.05, 0.1) is 4.47 Å². The van der Waals surface area contributed by atoms with Crippen molar-refractivity contribution >= 4 is 21.7 Å². The number of carbonyl (C=O) groups is 1. The normalized spacial score (nSPS) is 11.9. The van der Waals surface area contributed by atoms with Crippen molar-refractivity contribution in [2.75, 3.05) is 0 Å². The van der Waals surface area contributed by atoms with Crippen LogP contribution in [0.1, 0.15) is 10.4 Å². The van der Waals surface area contributed by atoms with Crippen LogP contribution in [0.4, 0.5) is 22.0 Å². The Kier molecular flexibility index (Phi) is 3.67. The van der Waals surface area contributed by atoms with E-state index in [0.29, 0.717) is 0 Å². The molecule has 0 bridgehead atoms. The molecule has 0 fully saturated rings. The number of rotatable bonds is 3. The molecule has 1 aromatic carbocycles. The molecule has 0 aliphatic rings. The van der Waals surface area contributed by atoms with Gasteiger partial charge in [-0.2, -0.15) is 8.78 Å². The zero-order chi connectivity index (χ0) is 12.5. The van der Waals surface area contributed by atoms with Crippen molar-refractivity contribution in [3.05, 3.63) is 34.1 Å². The summed E-state index contributed by atoms with van der Waals surface area (Å²) in [5.41, 5.74) is -0.682. The van der Waals surface area contributed by atoms with Crippen molar-refractivity contribution in [1.29, 1.82) is 0 Å². The molecule has 0 saturated heterocycles. The second-order valence-electron chi connectivity index (χ2n) is 2.88. The van der Waals surface area contributed by atoms with Crippen LogP contribution >= 0.6 is 15.9 Å². The molecule has 0 amide bonds. The largest absolute Gasteiger partial charge is 0.368 e. The average Bonchev–Trinajstić information content (AvgIpc) is 2.20. The van der Waals surface area contributed by atoms with Crippen LogP contribution in [0.25, 0.3) is 0 Å². The fraction of sp³-hybridized carbons (Fsp3) is 0.222. The van der Waals surface area contributed by atoms with Crippen molar-refractivity contribution in [2.45, 2.75) is 12.3 Å². The van der Waals surface area contributed by atoms with E-state index in [-0.39, 0.29) is 4.47 Å². The molecular formula is C9H4BrF5O. The number of benzene rings is 1. The fourth-order valence-corrected chi connectivity index (χ4v) is 1.31. The first kappa shape index (κ1) is 13.1. The van der Waals surface area contributed by atoms with Crippen LogP contribution in [0.15, 0.2) is 22.7 Å². The minimum absolute atomic E-state index is 0.247. The average molecular weight is 303 g/mol. The van der Waals surface area contributed by atoms with Crippen LogP contribution in [0.2, 0.25) is 0 Å². The second-order valence-corrected chi connectivity index (χ2v) is 3.74. The molecule has 1 aromatic rings. The van der Waals surface area contributed by atoms with Crippen LogP contribution in [-0.4, -0.2) is 18.1 Å². The fourth-order valence-electron chi connectivity index (χ4n) is 0.929. The molecular weight excluding hydrogens is 299 g/mol. The van der Waals surface area contributed by atoms with E-state index >= 15 is 0 Å². The highest BCUT2D eigenvalue weighted by Crippen LogP contribution is 2.28. The lowest BCUT2D eigenvalue weighted by molar-refractivity contribution is -0.0958. The van der Waals surface area contributed by atoms with Crippen LogP contribution in [0, 0.1) is 5.82 Å². The lowest BCUT2D eigenvalue weighted by Gasteiger charge is -2.13. The van der Waals surface area contributed by atoms with Crippen molar-refractivity contribution in [2.24, 2.45) is 0 Å². The molecule has 0 saturated carbocycles. The number of carbonyl (C=O) groups excluding carboxylic acids is 1. The molecule has 88 valence electrons. The Balaban J connectivity index is 3.11. The summed E-state index contributed by atoms with van der Waals surface area (Å²) < 4.78 is 61.5. The Morgan fingerprint density at radius 2 is 1.88 bits per heavy atom. The van der Waals surface area contributed by atoms with Gasteiger partial charge in [0.25, 0.3) is 0 Å². The maximum Gasteiger partial charge on any atom is 0.368 e. The number of ketones is 1. The van der Waals surface area contributed by atoms with Gasteiger partial charge in [0.1, 0.15) is 5.82 Å². The molecule has 0 aromatic heterocycles. The third-order valence-electron chi connectivity index (χ3n) is 1.76. The molecule has 0 atom stereocenters. The van der Waals surface area contributed by atoms with E-state index in [2.05, 4.69) is 15.9 Å². The summed E-state index contributed by atoms with van der Waals surface area (Å²) in [6.07, 6.45) is -4.09. The van der Waals surface area contributed by atoms with Crippen molar-refractivity contribution in [3.8, 4) is 0 Å². The number of halogens is 6. The quantitative estimate of drug-likeness (QED) is 0.615. The highest BCUT2D eigenvalue weighted by Gasteiger charge is 2.49. The SMILES string of the molecule is O=C(c1ccc(F)c(Br)c1)C(F)(F)C(F)F. The van der Waals surface area contributed by atoms with E-state index in [1.54, 1.807) is 0 Å². The lowest BCUT2D eigenvalue weighted by atomic mass is 10.1. The summed E-state index contributed by atoms with van der Waals surface area (Å²) in [7, 11) is 0. The number of alkyl halides is 4. The Morgan fingerprint density at radius 3 is 2.31 bits per heavy atom. The molecule has 0 N–H and O–H groups in total. The first-order valence-corrected chi connectivity index (χ1v) is 4.72. The van der Waals surface area contributed by atoms with Gasteiger partial charge in [-0.15, -0.1) is 0 Å². The lowest BCUT2D eigenvalue weighted by Crippen LogP contribution is -2.36. The zero-order valence-corrected chi connectivity index (χ0v) is 9.07. The highest BCUT2D eigenvalue weighted by atomic mass is 79.9. The minimum atomic E-state index is -4.77. The van der Waals surface area contributed by atoms with Crippen molar-refractivity contribution < 1.29 is 26.7 Å². The molecule has 0 heterocycles. The molecule has 1 nitrogen and oxygen atoms in total. The zero-order valence-electron chi connectivity index (χ0n) is 7.49. The highest BCUT2D eigenvalue weighted by molar-refractivity contribution is 9.10. The molecule has 7 heteroatoms. The second kappa shape index (κ2) is 4.48. The van der Waals surface area contributed by atoms with Crippen LogP contribution in [0.3, 0.4) is 0 Å². The standard InChI is InChI=1S/C9H4BrF5O/c10-5-3-4(1-2-6(5)11)7(16)9(14,15)8(12)13/h1-3,8H. The van der Waals surface area contributed by atoms with E-state index < -0.39 is 29.5 Å². The maximum absolute atomic E-state index is 12.7. The Morgan fingerprint density at radius 1 is 1.31 bits per heavy atom. The van der Waals surface area contributed by atoms with E-state index in [9.17, 15) is 26.7 Å². The van der Waals surface area contributed by atoms with Crippen LogP contribution in [0.5, 0.6) is 0 Å². The van der Waals surface area contributed by atoms with Crippen LogP contribution in [-0.2, 0) is 0 Å². The van der Waals surface area contributed by atoms with Gasteiger partial charge in [0, 0.05) is 5.56 Å². The smallest absolute Gasteiger partial charge is 0.287 e. The Labute approximate surface area is 95.4 Å². The minimum Gasteiger partial charge on any atom is -0.287 e. The summed E-state index contributed by atoms with van der Waals surface area (Å²) in [6, 6.07) is 2.19.